The van der Waals surface area contributed by atoms with Crippen LogP contribution in [0.15, 0.2) is 30.3 Å². The van der Waals surface area contributed by atoms with Gasteiger partial charge in [0, 0.05) is 22.7 Å². The van der Waals surface area contributed by atoms with E-state index in [-0.39, 0.29) is 0 Å². The molecule has 0 unspecified atom stereocenters. The van der Waals surface area contributed by atoms with Crippen molar-refractivity contribution in [3.8, 4) is 0 Å². The van der Waals surface area contributed by atoms with E-state index in [4.69, 9.17) is 0 Å². The van der Waals surface area contributed by atoms with Gasteiger partial charge in [-0.1, -0.05) is 40.8 Å². The standard InChI is InChI=1S/C10H12IN/c11-9-6-7-12(8-9)10-4-2-1-3-5-10/h1-5,9H,6-8H2/t9-/m0/s1. The molecule has 2 rings (SSSR count). The first-order valence-corrected chi connectivity index (χ1v) is 5.55. The molecule has 1 saturated heterocycles. The number of benzene rings is 1. The van der Waals surface area contributed by atoms with E-state index < -0.39 is 0 Å². The highest BCUT2D eigenvalue weighted by molar-refractivity contribution is 14.1. The van der Waals surface area contributed by atoms with Crippen LogP contribution >= 0.6 is 22.6 Å². The summed E-state index contributed by atoms with van der Waals surface area (Å²) in [6.45, 7) is 2.43. The summed E-state index contributed by atoms with van der Waals surface area (Å²) in [6, 6.07) is 10.7. The lowest BCUT2D eigenvalue weighted by atomic mass is 10.3. The number of anilines is 1. The van der Waals surface area contributed by atoms with Crippen molar-refractivity contribution < 1.29 is 0 Å². The Balaban J connectivity index is 2.11. The average Bonchev–Trinajstić information content (AvgIpc) is 2.54. The fraction of sp³-hybridized carbons (Fsp3) is 0.400. The second kappa shape index (κ2) is 3.64. The monoisotopic (exact) mass is 273 g/mol. The van der Waals surface area contributed by atoms with Crippen LogP contribution in [0.5, 0.6) is 0 Å². The molecule has 0 radical (unpaired) electrons. The van der Waals surface area contributed by atoms with E-state index in [1.165, 1.54) is 25.2 Å². The lowest BCUT2D eigenvalue weighted by Gasteiger charge is -2.17. The Bertz CT molecular complexity index is 247. The van der Waals surface area contributed by atoms with Gasteiger partial charge in [-0.25, -0.2) is 0 Å². The van der Waals surface area contributed by atoms with Gasteiger partial charge < -0.3 is 4.90 Å². The molecule has 1 atom stereocenters. The molecule has 1 nitrogen and oxygen atoms in total. The minimum absolute atomic E-state index is 0.836. The fourth-order valence-corrected chi connectivity index (χ4v) is 2.34. The zero-order valence-corrected chi connectivity index (χ0v) is 9.07. The maximum atomic E-state index is 2.53. The second-order valence-corrected chi connectivity index (χ2v) is 4.93. The molecular weight excluding hydrogens is 261 g/mol. The molecule has 0 aromatic heterocycles. The molecule has 1 heterocycles. The molecular formula is C10H12IN. The molecule has 12 heavy (non-hydrogen) atoms. The van der Waals surface area contributed by atoms with Crippen LogP contribution in [0.3, 0.4) is 0 Å². The molecule has 0 amide bonds. The molecule has 64 valence electrons. The Hall–Kier alpha value is -0.250. The van der Waals surface area contributed by atoms with E-state index in [0.717, 1.165) is 3.92 Å². The van der Waals surface area contributed by atoms with Crippen LogP contribution in [0.2, 0.25) is 0 Å². The SMILES string of the molecule is I[C@H]1CCN(c2ccccc2)C1. The predicted molar refractivity (Wildman–Crippen MR) is 61.1 cm³/mol. The van der Waals surface area contributed by atoms with Crippen molar-refractivity contribution in [1.82, 2.24) is 0 Å². The molecule has 0 N–H and O–H groups in total. The number of nitrogens with zero attached hydrogens (tertiary/aromatic N) is 1. The summed E-state index contributed by atoms with van der Waals surface area (Å²) in [6.07, 6.45) is 1.33. The van der Waals surface area contributed by atoms with Gasteiger partial charge in [0.1, 0.15) is 0 Å². The van der Waals surface area contributed by atoms with Gasteiger partial charge in [-0.15, -0.1) is 0 Å². The van der Waals surface area contributed by atoms with Crippen LogP contribution in [0.1, 0.15) is 6.42 Å². The third-order valence-corrected chi connectivity index (χ3v) is 3.27. The minimum atomic E-state index is 0.836. The van der Waals surface area contributed by atoms with Crippen molar-refractivity contribution in [1.29, 1.82) is 0 Å². The molecule has 1 aliphatic heterocycles. The van der Waals surface area contributed by atoms with E-state index in [2.05, 4.69) is 57.8 Å². The minimum Gasteiger partial charge on any atom is -0.370 e. The van der Waals surface area contributed by atoms with Crippen molar-refractivity contribution in [2.45, 2.75) is 10.3 Å². The molecule has 1 fully saturated rings. The molecule has 0 saturated carbocycles. The number of hydrogen-bond acceptors (Lipinski definition) is 1. The summed E-state index contributed by atoms with van der Waals surface area (Å²) in [7, 11) is 0. The number of para-hydroxylation sites is 1. The lowest BCUT2D eigenvalue weighted by molar-refractivity contribution is 0.968. The Morgan fingerprint density at radius 1 is 1.25 bits per heavy atom. The van der Waals surface area contributed by atoms with Gasteiger partial charge in [-0.3, -0.25) is 0 Å². The smallest absolute Gasteiger partial charge is 0.0366 e. The first-order chi connectivity index (χ1) is 5.86. The van der Waals surface area contributed by atoms with E-state index in [1.54, 1.807) is 0 Å². The highest BCUT2D eigenvalue weighted by atomic mass is 127. The lowest BCUT2D eigenvalue weighted by Crippen LogP contribution is -2.19. The quantitative estimate of drug-likeness (QED) is 0.561. The first-order valence-electron chi connectivity index (χ1n) is 4.30. The van der Waals surface area contributed by atoms with Gasteiger partial charge >= 0.3 is 0 Å². The zero-order valence-electron chi connectivity index (χ0n) is 6.91. The number of alkyl halides is 1. The number of halogens is 1. The van der Waals surface area contributed by atoms with Crippen LogP contribution in [-0.2, 0) is 0 Å². The highest BCUT2D eigenvalue weighted by Crippen LogP contribution is 2.23. The third kappa shape index (κ3) is 1.73. The molecule has 0 bridgehead atoms. The maximum absolute atomic E-state index is 2.53. The van der Waals surface area contributed by atoms with Gasteiger partial charge in [-0.05, 0) is 18.6 Å². The number of hydrogen-bond donors (Lipinski definition) is 0. The normalized spacial score (nSPS) is 23.1. The largest absolute Gasteiger partial charge is 0.370 e. The van der Waals surface area contributed by atoms with Crippen molar-refractivity contribution >= 4 is 28.3 Å². The summed E-state index contributed by atoms with van der Waals surface area (Å²) in [5.41, 5.74) is 1.37. The van der Waals surface area contributed by atoms with E-state index in [0.29, 0.717) is 0 Å². The third-order valence-electron chi connectivity index (χ3n) is 2.25. The molecule has 1 aliphatic rings. The van der Waals surface area contributed by atoms with Gasteiger partial charge in [0.2, 0.25) is 0 Å². The van der Waals surface area contributed by atoms with E-state index in [1.807, 2.05) is 0 Å². The predicted octanol–water partition coefficient (Wildman–Crippen LogP) is 2.70. The summed E-state index contributed by atoms with van der Waals surface area (Å²) >= 11 is 2.53. The maximum Gasteiger partial charge on any atom is 0.0366 e. The highest BCUT2D eigenvalue weighted by Gasteiger charge is 2.19. The van der Waals surface area contributed by atoms with Crippen molar-refractivity contribution in [2.75, 3.05) is 18.0 Å². The van der Waals surface area contributed by atoms with Crippen LogP contribution in [0.4, 0.5) is 5.69 Å². The summed E-state index contributed by atoms with van der Waals surface area (Å²) < 4.78 is 0.836. The number of rotatable bonds is 1. The summed E-state index contributed by atoms with van der Waals surface area (Å²) in [5.74, 6) is 0. The molecule has 0 aliphatic carbocycles. The van der Waals surface area contributed by atoms with Gasteiger partial charge in [-0.2, -0.15) is 0 Å². The summed E-state index contributed by atoms with van der Waals surface area (Å²) in [5, 5.41) is 0. The van der Waals surface area contributed by atoms with E-state index >= 15 is 0 Å². The second-order valence-electron chi connectivity index (χ2n) is 3.17. The van der Waals surface area contributed by atoms with Gasteiger partial charge in [0.15, 0.2) is 0 Å². The zero-order chi connectivity index (χ0) is 8.39. The van der Waals surface area contributed by atoms with Gasteiger partial charge in [0.25, 0.3) is 0 Å². The van der Waals surface area contributed by atoms with Crippen molar-refractivity contribution in [2.24, 2.45) is 0 Å². The molecule has 0 spiro atoms. The van der Waals surface area contributed by atoms with E-state index in [9.17, 15) is 0 Å². The van der Waals surface area contributed by atoms with Crippen LogP contribution in [0.25, 0.3) is 0 Å². The van der Waals surface area contributed by atoms with Crippen LogP contribution in [-0.4, -0.2) is 17.0 Å². The molecule has 2 heteroatoms. The topological polar surface area (TPSA) is 3.24 Å². The van der Waals surface area contributed by atoms with Crippen molar-refractivity contribution in [3.63, 3.8) is 0 Å². The Morgan fingerprint density at radius 2 is 2.00 bits per heavy atom. The van der Waals surface area contributed by atoms with Crippen molar-refractivity contribution in [3.05, 3.63) is 30.3 Å². The fourth-order valence-electron chi connectivity index (χ4n) is 1.59. The average molecular weight is 273 g/mol. The summed E-state index contributed by atoms with van der Waals surface area (Å²) in [4.78, 5) is 2.46. The molecule has 1 aromatic carbocycles. The Kier molecular flexibility index (Phi) is 2.54. The Labute approximate surface area is 86.9 Å². The first kappa shape index (κ1) is 8.35. The Morgan fingerprint density at radius 3 is 2.58 bits per heavy atom. The molecule has 1 aromatic rings. The van der Waals surface area contributed by atoms with Gasteiger partial charge in [0.05, 0.1) is 0 Å². The van der Waals surface area contributed by atoms with Crippen LogP contribution < -0.4 is 4.90 Å². The van der Waals surface area contributed by atoms with Crippen LogP contribution in [0, 0.1) is 0 Å².